The Bertz CT molecular complexity index is 872. The quantitative estimate of drug-likeness (QED) is 0.557. The second-order valence-electron chi connectivity index (χ2n) is 6.25. The molecule has 1 heterocycles. The van der Waals surface area contributed by atoms with E-state index >= 15 is 0 Å². The molecule has 0 bridgehead atoms. The normalized spacial score (nSPS) is 11.9. The van der Waals surface area contributed by atoms with Crippen LogP contribution >= 0.6 is 11.3 Å². The largest absolute Gasteiger partial charge is 0.289 e. The van der Waals surface area contributed by atoms with Crippen LogP contribution in [0.4, 0.5) is 0 Å². The van der Waals surface area contributed by atoms with E-state index in [0.29, 0.717) is 11.8 Å². The second kappa shape index (κ2) is 5.27. The van der Waals surface area contributed by atoms with Gasteiger partial charge < -0.3 is 0 Å². The minimum absolute atomic E-state index is 0.163. The first-order valence-electron chi connectivity index (χ1n) is 7.48. The first-order chi connectivity index (χ1) is 9.97. The minimum Gasteiger partial charge on any atom is -0.289 e. The molecule has 0 amide bonds. The number of benzene rings is 2. The van der Waals surface area contributed by atoms with Crippen molar-refractivity contribution in [2.45, 2.75) is 39.5 Å². The van der Waals surface area contributed by atoms with Gasteiger partial charge in [0.1, 0.15) is 0 Å². The maximum Gasteiger partial charge on any atom is 0.195 e. The molecule has 0 radical (unpaired) electrons. The number of fused-ring (bicyclic) bond motifs is 2. The van der Waals surface area contributed by atoms with E-state index < -0.39 is 0 Å². The van der Waals surface area contributed by atoms with Gasteiger partial charge in [0.25, 0.3) is 0 Å². The summed E-state index contributed by atoms with van der Waals surface area (Å²) in [6.07, 6.45) is 0. The minimum atomic E-state index is 0.163. The molecule has 108 valence electrons. The van der Waals surface area contributed by atoms with E-state index in [2.05, 4.69) is 58.0 Å². The molecule has 0 aliphatic carbocycles. The van der Waals surface area contributed by atoms with Gasteiger partial charge in [-0.3, -0.25) is 4.79 Å². The van der Waals surface area contributed by atoms with Crippen molar-refractivity contribution < 1.29 is 0 Å². The topological polar surface area (TPSA) is 17.1 Å². The number of hydrogen-bond donors (Lipinski definition) is 0. The molecule has 0 saturated heterocycles. The average Bonchev–Trinajstić information content (AvgIpc) is 2.46. The Labute approximate surface area is 129 Å². The SMILES string of the molecule is CC(C)c1ccc2c(=O)c3cc(C(C)C)ccc3sc2c1. The van der Waals surface area contributed by atoms with E-state index in [1.165, 1.54) is 11.1 Å². The Morgan fingerprint density at radius 3 is 2.05 bits per heavy atom. The summed E-state index contributed by atoms with van der Waals surface area (Å²) in [7, 11) is 0. The van der Waals surface area contributed by atoms with Crippen LogP contribution in [0.25, 0.3) is 20.2 Å². The van der Waals surface area contributed by atoms with Crippen molar-refractivity contribution in [3.63, 3.8) is 0 Å². The standard InChI is InChI=1S/C19H20OS/c1-11(2)13-6-8-17-16(9-13)19(20)15-7-5-14(12(3)4)10-18(15)21-17/h5-12H,1-4H3. The van der Waals surface area contributed by atoms with Gasteiger partial charge in [-0.1, -0.05) is 39.8 Å². The molecular weight excluding hydrogens is 276 g/mol. The summed E-state index contributed by atoms with van der Waals surface area (Å²) in [6, 6.07) is 12.5. The second-order valence-corrected chi connectivity index (χ2v) is 7.34. The fraction of sp³-hybridized carbons (Fsp3) is 0.316. The van der Waals surface area contributed by atoms with Crippen LogP contribution in [0.3, 0.4) is 0 Å². The third-order valence-corrected chi connectivity index (χ3v) is 5.19. The molecule has 1 nitrogen and oxygen atoms in total. The van der Waals surface area contributed by atoms with Gasteiger partial charge in [-0.2, -0.15) is 0 Å². The Kier molecular flexibility index (Phi) is 3.58. The van der Waals surface area contributed by atoms with Gasteiger partial charge in [0, 0.05) is 20.2 Å². The van der Waals surface area contributed by atoms with Crippen LogP contribution in [0.2, 0.25) is 0 Å². The molecule has 0 saturated carbocycles. The molecule has 0 spiro atoms. The van der Waals surface area contributed by atoms with Crippen LogP contribution in [-0.2, 0) is 0 Å². The fourth-order valence-electron chi connectivity index (χ4n) is 2.61. The highest BCUT2D eigenvalue weighted by Gasteiger charge is 2.09. The highest BCUT2D eigenvalue weighted by atomic mass is 32.1. The highest BCUT2D eigenvalue weighted by molar-refractivity contribution is 7.24. The Morgan fingerprint density at radius 1 is 0.762 bits per heavy atom. The Hall–Kier alpha value is -1.67. The monoisotopic (exact) mass is 296 g/mol. The summed E-state index contributed by atoms with van der Waals surface area (Å²) < 4.78 is 2.17. The predicted octanol–water partition coefficient (Wildman–Crippen LogP) is 5.66. The van der Waals surface area contributed by atoms with Gasteiger partial charge in [0.2, 0.25) is 0 Å². The molecule has 2 heteroatoms. The van der Waals surface area contributed by atoms with Gasteiger partial charge in [0.05, 0.1) is 0 Å². The smallest absolute Gasteiger partial charge is 0.195 e. The first-order valence-corrected chi connectivity index (χ1v) is 8.29. The van der Waals surface area contributed by atoms with Crippen molar-refractivity contribution in [2.75, 3.05) is 0 Å². The zero-order valence-electron chi connectivity index (χ0n) is 12.9. The number of hydrogen-bond acceptors (Lipinski definition) is 2. The van der Waals surface area contributed by atoms with E-state index in [1.54, 1.807) is 11.3 Å². The summed E-state index contributed by atoms with van der Waals surface area (Å²) in [5.74, 6) is 0.925. The van der Waals surface area contributed by atoms with Crippen LogP contribution in [-0.4, -0.2) is 0 Å². The van der Waals surface area contributed by atoms with Crippen LogP contribution in [0, 0.1) is 0 Å². The lowest BCUT2D eigenvalue weighted by Crippen LogP contribution is -2.02. The predicted molar refractivity (Wildman–Crippen MR) is 93.8 cm³/mol. The van der Waals surface area contributed by atoms with Gasteiger partial charge in [-0.25, -0.2) is 0 Å². The van der Waals surface area contributed by atoms with E-state index in [1.807, 2.05) is 6.07 Å². The third-order valence-electron chi connectivity index (χ3n) is 4.05. The molecule has 0 atom stereocenters. The summed E-state index contributed by atoms with van der Waals surface area (Å²) >= 11 is 1.72. The molecule has 3 aromatic rings. The van der Waals surface area contributed by atoms with Crippen molar-refractivity contribution >= 4 is 31.5 Å². The van der Waals surface area contributed by atoms with Gasteiger partial charge in [-0.05, 0) is 47.2 Å². The molecule has 0 unspecified atom stereocenters. The molecule has 2 aromatic carbocycles. The maximum absolute atomic E-state index is 12.8. The van der Waals surface area contributed by atoms with Crippen molar-refractivity contribution in [2.24, 2.45) is 0 Å². The number of rotatable bonds is 2. The molecule has 1 aromatic heterocycles. The molecule has 0 fully saturated rings. The maximum atomic E-state index is 12.8. The van der Waals surface area contributed by atoms with Gasteiger partial charge in [-0.15, -0.1) is 11.3 Å². The van der Waals surface area contributed by atoms with Gasteiger partial charge >= 0.3 is 0 Å². The zero-order chi connectivity index (χ0) is 15.1. The molecule has 21 heavy (non-hydrogen) atoms. The summed E-state index contributed by atoms with van der Waals surface area (Å²) in [5, 5.41) is 1.70. The zero-order valence-corrected chi connectivity index (χ0v) is 13.8. The lowest BCUT2D eigenvalue weighted by atomic mass is 10.0. The van der Waals surface area contributed by atoms with E-state index in [4.69, 9.17) is 0 Å². The van der Waals surface area contributed by atoms with E-state index in [-0.39, 0.29) is 5.43 Å². The van der Waals surface area contributed by atoms with Crippen molar-refractivity contribution in [3.05, 3.63) is 57.7 Å². The lowest BCUT2D eigenvalue weighted by Gasteiger charge is -2.09. The van der Waals surface area contributed by atoms with Crippen molar-refractivity contribution in [3.8, 4) is 0 Å². The average molecular weight is 296 g/mol. The van der Waals surface area contributed by atoms with Crippen LogP contribution in [0.1, 0.15) is 50.7 Å². The van der Waals surface area contributed by atoms with Gasteiger partial charge in [0.15, 0.2) is 5.43 Å². The van der Waals surface area contributed by atoms with E-state index in [9.17, 15) is 4.79 Å². The summed E-state index contributed by atoms with van der Waals surface area (Å²) in [6.45, 7) is 8.68. The van der Waals surface area contributed by atoms with Crippen LogP contribution in [0.15, 0.2) is 41.2 Å². The molecular formula is C19H20OS. The Morgan fingerprint density at radius 2 is 1.38 bits per heavy atom. The Balaban J connectivity index is 2.34. The molecule has 3 rings (SSSR count). The lowest BCUT2D eigenvalue weighted by molar-refractivity contribution is 0.868. The van der Waals surface area contributed by atoms with Crippen molar-refractivity contribution in [1.29, 1.82) is 0 Å². The third kappa shape index (κ3) is 2.49. The molecule has 0 N–H and O–H groups in total. The van der Waals surface area contributed by atoms with Crippen LogP contribution in [0.5, 0.6) is 0 Å². The summed E-state index contributed by atoms with van der Waals surface area (Å²) in [4.78, 5) is 12.8. The fourth-order valence-corrected chi connectivity index (χ4v) is 3.71. The summed E-state index contributed by atoms with van der Waals surface area (Å²) in [5.41, 5.74) is 2.68. The first kappa shape index (κ1) is 14.3. The van der Waals surface area contributed by atoms with Crippen LogP contribution < -0.4 is 5.43 Å². The van der Waals surface area contributed by atoms with E-state index in [0.717, 1.165) is 20.2 Å². The van der Waals surface area contributed by atoms with Crippen molar-refractivity contribution in [1.82, 2.24) is 0 Å². The molecule has 0 aliphatic heterocycles. The molecule has 0 aliphatic rings. The highest BCUT2D eigenvalue weighted by Crippen LogP contribution is 2.29.